The smallest absolute Gasteiger partial charge is 0.240 e. The van der Waals surface area contributed by atoms with Gasteiger partial charge in [-0.1, -0.05) is 44.2 Å². The van der Waals surface area contributed by atoms with Crippen LogP contribution in [0.1, 0.15) is 59.3 Å². The van der Waals surface area contributed by atoms with E-state index in [2.05, 4.69) is 23.5 Å². The second kappa shape index (κ2) is 11.2. The number of ether oxygens (including phenoxy) is 1. The third kappa shape index (κ3) is 5.99. The van der Waals surface area contributed by atoms with Crippen molar-refractivity contribution in [2.75, 3.05) is 38.2 Å². The molecule has 5 rings (SSSR count). The van der Waals surface area contributed by atoms with Crippen LogP contribution in [0.3, 0.4) is 0 Å². The minimum Gasteiger partial charge on any atom is -0.495 e. The second-order valence-corrected chi connectivity index (χ2v) is 14.9. The number of anilines is 1. The van der Waals surface area contributed by atoms with Gasteiger partial charge >= 0.3 is 0 Å². The number of carbonyl (C=O) groups excluding carboxylic acids is 1. The first-order valence-electron chi connectivity index (χ1n) is 14.8. The highest BCUT2D eigenvalue weighted by atomic mass is 32.2. The number of benzene rings is 2. The fourth-order valence-corrected chi connectivity index (χ4v) is 9.18. The van der Waals surface area contributed by atoms with Crippen molar-refractivity contribution < 1.29 is 23.1 Å². The van der Waals surface area contributed by atoms with Crippen LogP contribution in [0.25, 0.3) is 0 Å². The lowest BCUT2D eigenvalue weighted by atomic mass is 9.57. The molecule has 3 fully saturated rings. The molecule has 1 amide bonds. The molecular formula is C32H45N3O5S. The van der Waals surface area contributed by atoms with Crippen LogP contribution in [0.2, 0.25) is 0 Å². The molecule has 1 saturated heterocycles. The summed E-state index contributed by atoms with van der Waals surface area (Å²) in [6.07, 6.45) is 3.53. The van der Waals surface area contributed by atoms with Gasteiger partial charge in [-0.05, 0) is 80.0 Å². The van der Waals surface area contributed by atoms with Gasteiger partial charge < -0.3 is 19.6 Å². The Morgan fingerprint density at radius 1 is 0.976 bits per heavy atom. The van der Waals surface area contributed by atoms with Crippen LogP contribution in [0.5, 0.6) is 5.75 Å². The zero-order chi connectivity index (χ0) is 29.5. The molecule has 0 bridgehead atoms. The molecule has 0 spiro atoms. The molecule has 2 aromatic carbocycles. The SMILES string of the molecule is COc1ccccc1N1CCN(C(=O)CC[C@]23CC[C@](C)(O)C[C@H]2C(C)(C)C[C@@H]3NS(=O)(=O)c2ccccc2)CC1. The molecule has 9 heteroatoms. The highest BCUT2D eigenvalue weighted by Crippen LogP contribution is 2.64. The molecule has 1 heterocycles. The van der Waals surface area contributed by atoms with Crippen LogP contribution < -0.4 is 14.4 Å². The van der Waals surface area contributed by atoms with Gasteiger partial charge in [0.05, 0.1) is 23.3 Å². The van der Waals surface area contributed by atoms with Crippen LogP contribution >= 0.6 is 0 Å². The molecule has 224 valence electrons. The van der Waals surface area contributed by atoms with Crippen molar-refractivity contribution in [1.82, 2.24) is 9.62 Å². The van der Waals surface area contributed by atoms with Gasteiger partial charge in [0.2, 0.25) is 15.9 Å². The van der Waals surface area contributed by atoms with E-state index >= 15 is 0 Å². The largest absolute Gasteiger partial charge is 0.495 e. The molecule has 2 aromatic rings. The van der Waals surface area contributed by atoms with Crippen LogP contribution in [-0.4, -0.2) is 69.3 Å². The normalized spacial score (nSPS) is 29.7. The molecule has 2 aliphatic carbocycles. The van der Waals surface area contributed by atoms with Crippen molar-refractivity contribution in [3.05, 3.63) is 54.6 Å². The van der Waals surface area contributed by atoms with Crippen LogP contribution in [0.15, 0.2) is 59.5 Å². The number of aliphatic hydroxyl groups is 1. The maximum atomic E-state index is 13.6. The molecule has 0 unspecified atom stereocenters. The van der Waals surface area contributed by atoms with Gasteiger partial charge in [0, 0.05) is 38.6 Å². The molecule has 8 nitrogen and oxygen atoms in total. The molecular weight excluding hydrogens is 538 g/mol. The molecule has 2 saturated carbocycles. The Hall–Kier alpha value is -2.62. The number of para-hydroxylation sites is 2. The third-order valence-corrected chi connectivity index (χ3v) is 11.5. The second-order valence-electron chi connectivity index (χ2n) is 13.2. The van der Waals surface area contributed by atoms with E-state index in [1.807, 2.05) is 36.1 Å². The maximum absolute atomic E-state index is 13.6. The van der Waals surface area contributed by atoms with Gasteiger partial charge in [-0.2, -0.15) is 0 Å². The Bertz CT molecular complexity index is 1340. The molecule has 3 aliphatic rings. The number of hydrogen-bond donors (Lipinski definition) is 2. The van der Waals surface area contributed by atoms with Crippen LogP contribution in [-0.2, 0) is 14.8 Å². The first-order chi connectivity index (χ1) is 19.4. The van der Waals surface area contributed by atoms with Crippen LogP contribution in [0.4, 0.5) is 5.69 Å². The number of hydrogen-bond acceptors (Lipinski definition) is 6. The number of nitrogens with zero attached hydrogens (tertiary/aromatic N) is 2. The number of fused-ring (bicyclic) bond motifs is 1. The highest BCUT2D eigenvalue weighted by Gasteiger charge is 2.62. The lowest BCUT2D eigenvalue weighted by Gasteiger charge is -2.51. The van der Waals surface area contributed by atoms with E-state index < -0.39 is 21.0 Å². The first kappa shape index (κ1) is 29.9. The summed E-state index contributed by atoms with van der Waals surface area (Å²) in [5.74, 6) is 1.04. The van der Waals surface area contributed by atoms with Crippen molar-refractivity contribution >= 4 is 21.6 Å². The molecule has 2 N–H and O–H groups in total. The Morgan fingerprint density at radius 3 is 2.32 bits per heavy atom. The van der Waals surface area contributed by atoms with Crippen molar-refractivity contribution in [3.63, 3.8) is 0 Å². The van der Waals surface area contributed by atoms with E-state index in [1.165, 1.54) is 0 Å². The van der Waals surface area contributed by atoms with E-state index in [4.69, 9.17) is 4.74 Å². The molecule has 1 aliphatic heterocycles. The van der Waals surface area contributed by atoms with Crippen LogP contribution in [0, 0.1) is 16.7 Å². The van der Waals surface area contributed by atoms with E-state index in [-0.39, 0.29) is 28.2 Å². The Kier molecular flexibility index (Phi) is 8.18. The van der Waals surface area contributed by atoms with Crippen molar-refractivity contribution in [2.24, 2.45) is 16.7 Å². The number of nitrogens with one attached hydrogen (secondary N) is 1. The van der Waals surface area contributed by atoms with Crippen molar-refractivity contribution in [2.45, 2.75) is 75.8 Å². The zero-order valence-electron chi connectivity index (χ0n) is 24.8. The molecule has 41 heavy (non-hydrogen) atoms. The standard InChI is InChI=1S/C32H45N3O5S/c1-30(2)23-28(33-41(38,39)24-10-6-5-7-11-24)32(17-16-31(3,37)22-27(30)32)15-14-29(36)35-20-18-34(19-21-35)25-12-8-9-13-26(25)40-4/h5-13,27-28,33,37H,14-23H2,1-4H3/t27-,28-,31-,32-/m0/s1. The van der Waals surface area contributed by atoms with Gasteiger partial charge in [-0.3, -0.25) is 4.79 Å². The number of rotatable bonds is 8. The molecule has 0 radical (unpaired) electrons. The van der Waals surface area contributed by atoms with Gasteiger partial charge in [-0.15, -0.1) is 0 Å². The summed E-state index contributed by atoms with van der Waals surface area (Å²) in [7, 11) is -2.06. The topological polar surface area (TPSA) is 99.2 Å². The summed E-state index contributed by atoms with van der Waals surface area (Å²) in [6.45, 7) is 8.99. The van der Waals surface area contributed by atoms with Crippen molar-refractivity contribution in [3.8, 4) is 5.75 Å². The minimum absolute atomic E-state index is 0.0948. The van der Waals surface area contributed by atoms with E-state index in [9.17, 15) is 18.3 Å². The summed E-state index contributed by atoms with van der Waals surface area (Å²) < 4.78 is 35.6. The predicted octanol–water partition coefficient (Wildman–Crippen LogP) is 4.44. The Morgan fingerprint density at radius 2 is 1.63 bits per heavy atom. The quantitative estimate of drug-likeness (QED) is 0.477. The summed E-state index contributed by atoms with van der Waals surface area (Å²) in [4.78, 5) is 18.0. The average molecular weight is 584 g/mol. The monoisotopic (exact) mass is 583 g/mol. The fraction of sp³-hybridized carbons (Fsp3) is 0.594. The predicted molar refractivity (Wildman–Crippen MR) is 160 cm³/mol. The first-order valence-corrected chi connectivity index (χ1v) is 16.3. The number of sulfonamides is 1. The lowest BCUT2D eigenvalue weighted by Crippen LogP contribution is -2.53. The van der Waals surface area contributed by atoms with Gasteiger partial charge in [0.1, 0.15) is 5.75 Å². The summed E-state index contributed by atoms with van der Waals surface area (Å²) in [5, 5.41) is 11.1. The highest BCUT2D eigenvalue weighted by molar-refractivity contribution is 7.89. The number of amides is 1. The molecule has 4 atom stereocenters. The zero-order valence-corrected chi connectivity index (χ0v) is 25.6. The summed E-state index contributed by atoms with van der Waals surface area (Å²) >= 11 is 0. The van der Waals surface area contributed by atoms with E-state index in [0.29, 0.717) is 51.6 Å². The number of carbonyl (C=O) groups is 1. The van der Waals surface area contributed by atoms with Gasteiger partial charge in [-0.25, -0.2) is 13.1 Å². The summed E-state index contributed by atoms with van der Waals surface area (Å²) in [5.41, 5.74) is -0.336. The molecule has 0 aromatic heterocycles. The average Bonchev–Trinajstić information content (AvgIpc) is 3.16. The Labute approximate surface area is 245 Å². The summed E-state index contributed by atoms with van der Waals surface area (Å²) in [6, 6.07) is 16.2. The number of piperazine rings is 1. The number of methoxy groups -OCH3 is 1. The third-order valence-electron chi connectivity index (χ3n) is 10.0. The Balaban J connectivity index is 1.32. The van der Waals surface area contributed by atoms with E-state index in [0.717, 1.165) is 24.5 Å². The van der Waals surface area contributed by atoms with Gasteiger partial charge in [0.25, 0.3) is 0 Å². The van der Waals surface area contributed by atoms with Crippen molar-refractivity contribution in [1.29, 1.82) is 0 Å². The van der Waals surface area contributed by atoms with Gasteiger partial charge in [0.15, 0.2) is 0 Å². The maximum Gasteiger partial charge on any atom is 0.240 e. The minimum atomic E-state index is -3.73. The lowest BCUT2D eigenvalue weighted by molar-refractivity contribution is -0.133. The van der Waals surface area contributed by atoms with E-state index in [1.54, 1.807) is 37.4 Å². The fourth-order valence-electron chi connectivity index (χ4n) is 7.84.